The number of rotatable bonds is 3. The van der Waals surface area contributed by atoms with Crippen LogP contribution in [0.4, 0.5) is 10.1 Å². The molecule has 0 saturated carbocycles. The average Bonchev–Trinajstić information content (AvgIpc) is 2.82. The normalized spacial score (nSPS) is 16.9. The molecule has 1 aromatic rings. The Morgan fingerprint density at radius 2 is 1.89 bits per heavy atom. The Bertz CT molecular complexity index is 582. The summed E-state index contributed by atoms with van der Waals surface area (Å²) >= 11 is 0. The van der Waals surface area contributed by atoms with Crippen molar-refractivity contribution in [2.75, 3.05) is 13.1 Å². The Hall–Kier alpha value is -1.54. The van der Waals surface area contributed by atoms with Crippen LogP contribution < -0.4 is 0 Å². The van der Waals surface area contributed by atoms with E-state index in [0.29, 0.717) is 19.2 Å². The first-order valence-electron chi connectivity index (χ1n) is 5.37. The van der Waals surface area contributed by atoms with Crippen LogP contribution in [0.1, 0.15) is 12.8 Å². The van der Waals surface area contributed by atoms with Crippen LogP contribution in [0.3, 0.4) is 0 Å². The number of halogens is 1. The summed E-state index contributed by atoms with van der Waals surface area (Å²) in [5.41, 5.74) is -0.727. The van der Waals surface area contributed by atoms with Crippen molar-refractivity contribution in [2.45, 2.75) is 17.7 Å². The van der Waals surface area contributed by atoms with Crippen molar-refractivity contribution in [1.82, 2.24) is 4.31 Å². The molecule has 6 nitrogen and oxygen atoms in total. The molecule has 1 aliphatic heterocycles. The maximum atomic E-state index is 13.4. The molecular weight excluding hydrogens is 263 g/mol. The molecule has 0 N–H and O–H groups in total. The van der Waals surface area contributed by atoms with Crippen LogP contribution in [0.2, 0.25) is 0 Å². The fraction of sp³-hybridized carbons (Fsp3) is 0.400. The van der Waals surface area contributed by atoms with Gasteiger partial charge in [-0.1, -0.05) is 0 Å². The molecule has 0 unspecified atom stereocenters. The van der Waals surface area contributed by atoms with Crippen LogP contribution in [0.5, 0.6) is 0 Å². The van der Waals surface area contributed by atoms with E-state index in [1.165, 1.54) is 4.31 Å². The first-order valence-corrected chi connectivity index (χ1v) is 6.81. The molecule has 2 rings (SSSR count). The number of benzene rings is 1. The van der Waals surface area contributed by atoms with Crippen molar-refractivity contribution in [2.24, 2.45) is 0 Å². The van der Waals surface area contributed by atoms with Gasteiger partial charge in [-0.05, 0) is 18.9 Å². The number of hydrogen-bond acceptors (Lipinski definition) is 4. The summed E-state index contributed by atoms with van der Waals surface area (Å²) in [6, 6.07) is 2.64. The molecule has 0 bridgehead atoms. The SMILES string of the molecule is O=[N+]([O-])c1ccc(S(=O)(=O)N2CCCC2)cc1F. The van der Waals surface area contributed by atoms with E-state index < -0.39 is 26.5 Å². The van der Waals surface area contributed by atoms with Crippen molar-refractivity contribution in [3.05, 3.63) is 34.1 Å². The van der Waals surface area contributed by atoms with Gasteiger partial charge in [-0.25, -0.2) is 8.42 Å². The Morgan fingerprint density at radius 3 is 2.39 bits per heavy atom. The van der Waals surface area contributed by atoms with Gasteiger partial charge in [0.05, 0.1) is 9.82 Å². The van der Waals surface area contributed by atoms with Gasteiger partial charge >= 0.3 is 5.69 Å². The van der Waals surface area contributed by atoms with Gasteiger partial charge in [-0.3, -0.25) is 10.1 Å². The van der Waals surface area contributed by atoms with Gasteiger partial charge in [-0.2, -0.15) is 8.70 Å². The van der Waals surface area contributed by atoms with Crippen molar-refractivity contribution < 1.29 is 17.7 Å². The third-order valence-electron chi connectivity index (χ3n) is 2.82. The maximum absolute atomic E-state index is 13.4. The first-order chi connectivity index (χ1) is 8.43. The fourth-order valence-electron chi connectivity index (χ4n) is 1.87. The van der Waals surface area contributed by atoms with E-state index in [1.807, 2.05) is 0 Å². The van der Waals surface area contributed by atoms with Crippen molar-refractivity contribution in [3.8, 4) is 0 Å². The van der Waals surface area contributed by atoms with Gasteiger partial charge in [0, 0.05) is 25.2 Å². The van der Waals surface area contributed by atoms with E-state index in [4.69, 9.17) is 0 Å². The minimum Gasteiger partial charge on any atom is -0.258 e. The summed E-state index contributed by atoms with van der Waals surface area (Å²) in [5, 5.41) is 10.4. The van der Waals surface area contributed by atoms with E-state index in [1.54, 1.807) is 0 Å². The van der Waals surface area contributed by atoms with E-state index in [0.717, 1.165) is 25.0 Å². The quantitative estimate of drug-likeness (QED) is 0.618. The number of hydrogen-bond donors (Lipinski definition) is 0. The molecule has 98 valence electrons. The largest absolute Gasteiger partial charge is 0.304 e. The highest BCUT2D eigenvalue weighted by atomic mass is 32.2. The first kappa shape index (κ1) is 12.9. The highest BCUT2D eigenvalue weighted by Crippen LogP contribution is 2.25. The van der Waals surface area contributed by atoms with Crippen LogP contribution in [-0.4, -0.2) is 30.7 Å². The fourth-order valence-corrected chi connectivity index (χ4v) is 3.40. The van der Waals surface area contributed by atoms with E-state index in [-0.39, 0.29) is 4.90 Å². The van der Waals surface area contributed by atoms with Crippen LogP contribution >= 0.6 is 0 Å². The molecule has 1 aromatic carbocycles. The molecule has 8 heteroatoms. The Balaban J connectivity index is 2.40. The zero-order valence-corrected chi connectivity index (χ0v) is 10.2. The Morgan fingerprint density at radius 1 is 1.28 bits per heavy atom. The topological polar surface area (TPSA) is 80.5 Å². The average molecular weight is 274 g/mol. The smallest absolute Gasteiger partial charge is 0.258 e. The minimum absolute atomic E-state index is 0.243. The molecule has 1 saturated heterocycles. The summed E-state index contributed by atoms with van der Waals surface area (Å²) in [5.74, 6) is -1.14. The lowest BCUT2D eigenvalue weighted by Gasteiger charge is -2.15. The number of nitro groups is 1. The predicted octanol–water partition coefficient (Wildman–Crippen LogP) is 1.52. The molecule has 0 atom stereocenters. The zero-order chi connectivity index (χ0) is 13.3. The Kier molecular flexibility index (Phi) is 3.31. The van der Waals surface area contributed by atoms with Crippen molar-refractivity contribution >= 4 is 15.7 Å². The molecular formula is C10H11FN2O4S. The van der Waals surface area contributed by atoms with Gasteiger partial charge in [0.15, 0.2) is 0 Å². The highest BCUT2D eigenvalue weighted by molar-refractivity contribution is 7.89. The molecule has 1 aliphatic rings. The molecule has 0 aromatic heterocycles. The van der Waals surface area contributed by atoms with Crippen LogP contribution in [0.15, 0.2) is 23.1 Å². The lowest BCUT2D eigenvalue weighted by atomic mass is 10.3. The van der Waals surface area contributed by atoms with Crippen LogP contribution in [0, 0.1) is 15.9 Å². The van der Waals surface area contributed by atoms with Gasteiger partial charge in [0.25, 0.3) is 0 Å². The lowest BCUT2D eigenvalue weighted by Crippen LogP contribution is -2.27. The zero-order valence-electron chi connectivity index (χ0n) is 9.37. The number of nitro benzene ring substituents is 1. The van der Waals surface area contributed by atoms with Crippen molar-refractivity contribution in [3.63, 3.8) is 0 Å². The summed E-state index contributed by atoms with van der Waals surface area (Å²) in [4.78, 5) is 9.31. The third-order valence-corrected chi connectivity index (χ3v) is 4.71. The lowest BCUT2D eigenvalue weighted by molar-refractivity contribution is -0.387. The van der Waals surface area contributed by atoms with E-state index >= 15 is 0 Å². The summed E-state index contributed by atoms with van der Waals surface area (Å²) < 4.78 is 38.8. The van der Waals surface area contributed by atoms with Gasteiger partial charge < -0.3 is 0 Å². The molecule has 0 aliphatic carbocycles. The van der Waals surface area contributed by atoms with Crippen LogP contribution in [0.25, 0.3) is 0 Å². The van der Waals surface area contributed by atoms with Crippen molar-refractivity contribution in [1.29, 1.82) is 0 Å². The molecule has 18 heavy (non-hydrogen) atoms. The van der Waals surface area contributed by atoms with E-state index in [2.05, 4.69) is 0 Å². The molecule has 0 amide bonds. The molecule has 0 spiro atoms. The maximum Gasteiger partial charge on any atom is 0.304 e. The third kappa shape index (κ3) is 2.21. The minimum atomic E-state index is -3.73. The predicted molar refractivity (Wildman–Crippen MR) is 61.0 cm³/mol. The van der Waals surface area contributed by atoms with Gasteiger partial charge in [-0.15, -0.1) is 0 Å². The molecule has 1 heterocycles. The number of sulfonamides is 1. The second-order valence-electron chi connectivity index (χ2n) is 3.98. The Labute approximate surface area is 103 Å². The van der Waals surface area contributed by atoms with Gasteiger partial charge in [0.2, 0.25) is 15.8 Å². The second-order valence-corrected chi connectivity index (χ2v) is 5.92. The monoisotopic (exact) mass is 274 g/mol. The van der Waals surface area contributed by atoms with Gasteiger partial charge in [0.1, 0.15) is 0 Å². The summed E-state index contributed by atoms with van der Waals surface area (Å²) in [6.45, 7) is 0.807. The summed E-state index contributed by atoms with van der Waals surface area (Å²) in [7, 11) is -3.73. The standard InChI is InChI=1S/C10H11FN2O4S/c11-9-7-8(3-4-10(9)13(14)15)18(16,17)12-5-1-2-6-12/h3-4,7H,1-2,5-6H2. The number of nitrogens with zero attached hydrogens (tertiary/aromatic N) is 2. The van der Waals surface area contributed by atoms with E-state index in [9.17, 15) is 22.9 Å². The molecule has 1 fully saturated rings. The second kappa shape index (κ2) is 4.62. The summed E-state index contributed by atoms with van der Waals surface area (Å²) in [6.07, 6.45) is 1.55. The van der Waals surface area contributed by atoms with Crippen LogP contribution in [-0.2, 0) is 10.0 Å². The highest BCUT2D eigenvalue weighted by Gasteiger charge is 2.28. The molecule has 0 radical (unpaired) electrons.